The molecule has 0 unspecified atom stereocenters. The number of hydrogen-bond donors (Lipinski definition) is 1. The molecule has 0 bridgehead atoms. The van der Waals surface area contributed by atoms with Gasteiger partial charge in [0.25, 0.3) is 0 Å². The van der Waals surface area contributed by atoms with Crippen LogP contribution in [0.2, 0.25) is 0 Å². The molecular formula is C22H30N4O2. The molecule has 1 heterocycles. The third-order valence-corrected chi connectivity index (χ3v) is 5.08. The van der Waals surface area contributed by atoms with E-state index in [9.17, 15) is 0 Å². The monoisotopic (exact) mass is 382 g/mol. The first-order valence-electron chi connectivity index (χ1n) is 9.71. The van der Waals surface area contributed by atoms with E-state index >= 15 is 0 Å². The molecule has 6 heteroatoms. The van der Waals surface area contributed by atoms with Crippen LogP contribution < -0.4 is 19.7 Å². The molecule has 0 spiro atoms. The molecule has 1 saturated heterocycles. The summed E-state index contributed by atoms with van der Waals surface area (Å²) < 4.78 is 10.8. The minimum atomic E-state index is 0.787. The van der Waals surface area contributed by atoms with Crippen molar-refractivity contribution in [2.75, 3.05) is 58.9 Å². The smallest absolute Gasteiger partial charge is 0.193 e. The highest BCUT2D eigenvalue weighted by molar-refractivity contribution is 5.80. The van der Waals surface area contributed by atoms with Crippen molar-refractivity contribution in [1.29, 1.82) is 0 Å². The zero-order valence-corrected chi connectivity index (χ0v) is 17.0. The highest BCUT2D eigenvalue weighted by Crippen LogP contribution is 2.24. The number of nitrogens with one attached hydrogen (secondary N) is 1. The van der Waals surface area contributed by atoms with E-state index in [1.54, 1.807) is 14.2 Å². The second-order valence-electron chi connectivity index (χ2n) is 6.71. The van der Waals surface area contributed by atoms with E-state index in [1.807, 2.05) is 25.2 Å². The van der Waals surface area contributed by atoms with Crippen LogP contribution in [0.5, 0.6) is 11.5 Å². The Bertz CT molecular complexity index is 771. The van der Waals surface area contributed by atoms with Crippen LogP contribution in [0.3, 0.4) is 0 Å². The van der Waals surface area contributed by atoms with Crippen molar-refractivity contribution >= 4 is 11.6 Å². The van der Waals surface area contributed by atoms with Gasteiger partial charge in [-0.25, -0.2) is 0 Å². The molecule has 0 saturated carbocycles. The lowest BCUT2D eigenvalue weighted by Gasteiger charge is -2.37. The molecule has 3 rings (SSSR count). The van der Waals surface area contributed by atoms with Crippen molar-refractivity contribution in [3.63, 3.8) is 0 Å². The van der Waals surface area contributed by atoms with Gasteiger partial charge in [-0.15, -0.1) is 0 Å². The molecule has 1 aliphatic heterocycles. The summed E-state index contributed by atoms with van der Waals surface area (Å²) in [7, 11) is 5.22. The van der Waals surface area contributed by atoms with Gasteiger partial charge in [0, 0.05) is 45.5 Å². The van der Waals surface area contributed by atoms with E-state index in [0.29, 0.717) is 0 Å². The van der Waals surface area contributed by atoms with Crippen LogP contribution in [-0.4, -0.2) is 64.9 Å². The Labute approximate surface area is 167 Å². The maximum atomic E-state index is 5.47. The lowest BCUT2D eigenvalue weighted by Crippen LogP contribution is -2.52. The summed E-state index contributed by atoms with van der Waals surface area (Å²) in [6.45, 7) is 4.69. The number of ether oxygens (including phenoxy) is 2. The fourth-order valence-electron chi connectivity index (χ4n) is 3.53. The lowest BCUT2D eigenvalue weighted by molar-refractivity contribution is 0.372. The first kappa shape index (κ1) is 19.9. The van der Waals surface area contributed by atoms with E-state index in [0.717, 1.165) is 62.2 Å². The minimum absolute atomic E-state index is 0.787. The Morgan fingerprint density at radius 2 is 1.75 bits per heavy atom. The number of para-hydroxylation sites is 1. The fraction of sp³-hybridized carbons (Fsp3) is 0.409. The van der Waals surface area contributed by atoms with Crippen LogP contribution in [0.1, 0.15) is 5.56 Å². The molecular weight excluding hydrogens is 352 g/mol. The summed E-state index contributed by atoms with van der Waals surface area (Å²) in [5.41, 5.74) is 2.41. The number of rotatable bonds is 6. The third-order valence-electron chi connectivity index (χ3n) is 5.08. The van der Waals surface area contributed by atoms with Crippen LogP contribution in [0.15, 0.2) is 53.5 Å². The van der Waals surface area contributed by atoms with Crippen molar-refractivity contribution in [2.24, 2.45) is 4.99 Å². The van der Waals surface area contributed by atoms with Gasteiger partial charge in [0.15, 0.2) is 5.96 Å². The fourth-order valence-corrected chi connectivity index (χ4v) is 3.53. The minimum Gasteiger partial charge on any atom is -0.497 e. The van der Waals surface area contributed by atoms with Gasteiger partial charge in [0.1, 0.15) is 11.5 Å². The zero-order valence-electron chi connectivity index (χ0n) is 17.0. The molecule has 2 aromatic rings. The molecule has 1 aliphatic rings. The number of anilines is 1. The summed E-state index contributed by atoms with van der Waals surface area (Å²) in [4.78, 5) is 9.22. The Hall–Kier alpha value is -2.89. The first-order chi connectivity index (χ1) is 13.7. The average Bonchev–Trinajstić information content (AvgIpc) is 2.77. The third kappa shape index (κ3) is 4.88. The van der Waals surface area contributed by atoms with Crippen molar-refractivity contribution < 1.29 is 9.47 Å². The van der Waals surface area contributed by atoms with Gasteiger partial charge >= 0.3 is 0 Å². The van der Waals surface area contributed by atoms with Gasteiger partial charge in [-0.2, -0.15) is 0 Å². The largest absolute Gasteiger partial charge is 0.497 e. The summed E-state index contributed by atoms with van der Waals surface area (Å²) in [6, 6.07) is 16.5. The van der Waals surface area contributed by atoms with Gasteiger partial charge < -0.3 is 24.6 Å². The second kappa shape index (κ2) is 9.88. The molecule has 28 heavy (non-hydrogen) atoms. The molecule has 2 aromatic carbocycles. The summed E-state index contributed by atoms with van der Waals surface area (Å²) >= 11 is 0. The highest BCUT2D eigenvalue weighted by Gasteiger charge is 2.19. The van der Waals surface area contributed by atoms with Gasteiger partial charge in [0.2, 0.25) is 0 Å². The number of aliphatic imine (C=N–C) groups is 1. The van der Waals surface area contributed by atoms with E-state index in [-0.39, 0.29) is 0 Å². The average molecular weight is 383 g/mol. The molecule has 0 aliphatic carbocycles. The van der Waals surface area contributed by atoms with Crippen LogP contribution in [-0.2, 0) is 6.42 Å². The Morgan fingerprint density at radius 1 is 1.00 bits per heavy atom. The zero-order chi connectivity index (χ0) is 19.8. The number of guanidine groups is 1. The molecule has 0 radical (unpaired) electrons. The molecule has 1 N–H and O–H groups in total. The summed E-state index contributed by atoms with van der Waals surface area (Å²) in [5.74, 6) is 2.68. The van der Waals surface area contributed by atoms with E-state index in [1.165, 1.54) is 5.69 Å². The topological polar surface area (TPSA) is 49.3 Å². The molecule has 1 fully saturated rings. The SMILES string of the molecule is CN=C(NCCc1cc(OC)ccc1OC)N1CCN(c2ccccc2)CC1. The van der Waals surface area contributed by atoms with Crippen molar-refractivity contribution in [3.05, 3.63) is 54.1 Å². The summed E-state index contributed by atoms with van der Waals surface area (Å²) in [5, 5.41) is 3.49. The van der Waals surface area contributed by atoms with Gasteiger partial charge in [-0.05, 0) is 42.3 Å². The van der Waals surface area contributed by atoms with Crippen LogP contribution in [0.4, 0.5) is 5.69 Å². The normalized spacial score (nSPS) is 14.8. The number of nitrogens with zero attached hydrogens (tertiary/aromatic N) is 3. The van der Waals surface area contributed by atoms with Gasteiger partial charge in [-0.3, -0.25) is 4.99 Å². The first-order valence-corrected chi connectivity index (χ1v) is 9.71. The highest BCUT2D eigenvalue weighted by atomic mass is 16.5. The van der Waals surface area contributed by atoms with Crippen LogP contribution >= 0.6 is 0 Å². The predicted octanol–water partition coefficient (Wildman–Crippen LogP) is 2.64. The lowest BCUT2D eigenvalue weighted by atomic mass is 10.1. The molecule has 0 atom stereocenters. The van der Waals surface area contributed by atoms with Crippen molar-refractivity contribution in [2.45, 2.75) is 6.42 Å². The second-order valence-corrected chi connectivity index (χ2v) is 6.71. The number of benzene rings is 2. The van der Waals surface area contributed by atoms with Crippen LogP contribution in [0, 0.1) is 0 Å². The Morgan fingerprint density at radius 3 is 2.39 bits per heavy atom. The van der Waals surface area contributed by atoms with E-state index in [4.69, 9.17) is 9.47 Å². The van der Waals surface area contributed by atoms with E-state index < -0.39 is 0 Å². The van der Waals surface area contributed by atoms with Gasteiger partial charge in [-0.1, -0.05) is 18.2 Å². The maximum Gasteiger partial charge on any atom is 0.193 e. The van der Waals surface area contributed by atoms with Crippen LogP contribution in [0.25, 0.3) is 0 Å². The summed E-state index contributed by atoms with van der Waals surface area (Å²) in [6.07, 6.45) is 0.837. The number of piperazine rings is 1. The Balaban J connectivity index is 1.52. The molecule has 150 valence electrons. The molecule has 0 amide bonds. The molecule has 0 aromatic heterocycles. The maximum absolute atomic E-state index is 5.47. The quantitative estimate of drug-likeness (QED) is 0.615. The predicted molar refractivity (Wildman–Crippen MR) is 115 cm³/mol. The van der Waals surface area contributed by atoms with Gasteiger partial charge in [0.05, 0.1) is 14.2 Å². The standard InChI is InChI=1S/C22H30N4O2/c1-23-22(24-12-11-18-17-20(27-2)9-10-21(18)28-3)26-15-13-25(14-16-26)19-7-5-4-6-8-19/h4-10,17H,11-16H2,1-3H3,(H,23,24). The number of methoxy groups -OCH3 is 2. The van der Waals surface area contributed by atoms with Crippen molar-refractivity contribution in [1.82, 2.24) is 10.2 Å². The van der Waals surface area contributed by atoms with E-state index in [2.05, 4.69) is 50.4 Å². The molecule has 6 nitrogen and oxygen atoms in total. The van der Waals surface area contributed by atoms with Crippen molar-refractivity contribution in [3.8, 4) is 11.5 Å². The Kier molecular flexibility index (Phi) is 7.00. The number of hydrogen-bond acceptors (Lipinski definition) is 4.